The highest BCUT2D eigenvalue weighted by molar-refractivity contribution is 7.19. The summed E-state index contributed by atoms with van der Waals surface area (Å²) in [5.74, 6) is -0.233. The van der Waals surface area contributed by atoms with Crippen molar-refractivity contribution in [3.63, 3.8) is 0 Å². The van der Waals surface area contributed by atoms with Crippen LogP contribution in [0, 0.1) is 19.3 Å². The van der Waals surface area contributed by atoms with Crippen molar-refractivity contribution in [2.45, 2.75) is 45.6 Å². The molecule has 0 spiro atoms. The number of carbonyl (C=O) groups is 1. The molecule has 2 N–H and O–H groups in total. The summed E-state index contributed by atoms with van der Waals surface area (Å²) in [4.78, 5) is 37.0. The molecule has 1 fully saturated rings. The predicted molar refractivity (Wildman–Crippen MR) is 171 cm³/mol. The smallest absolute Gasteiger partial charge is 0.267 e. The summed E-state index contributed by atoms with van der Waals surface area (Å²) >= 11 is 1.32. The number of hydrogen-bond donors (Lipinski definition) is 2. The Labute approximate surface area is 251 Å². The molecule has 1 amide bonds. The van der Waals surface area contributed by atoms with Crippen LogP contribution in [0.5, 0.6) is 0 Å². The van der Waals surface area contributed by atoms with E-state index in [1.54, 1.807) is 28.8 Å². The Morgan fingerprint density at radius 1 is 0.953 bits per heavy atom. The first-order valence-electron chi connectivity index (χ1n) is 14.4. The van der Waals surface area contributed by atoms with Crippen LogP contribution in [0.3, 0.4) is 0 Å². The number of nitrogens with zero attached hydrogens (tertiary/aromatic N) is 4. The van der Waals surface area contributed by atoms with Gasteiger partial charge in [-0.1, -0.05) is 77.8 Å². The van der Waals surface area contributed by atoms with E-state index in [2.05, 4.69) is 5.32 Å². The lowest BCUT2D eigenvalue weighted by molar-refractivity contribution is 0.102. The van der Waals surface area contributed by atoms with Gasteiger partial charge in [-0.25, -0.2) is 9.97 Å². The van der Waals surface area contributed by atoms with Crippen molar-refractivity contribution in [1.29, 1.82) is 5.41 Å². The molecule has 1 saturated carbocycles. The number of carbonyl (C=O) groups excluding carboxylic acids is 1. The number of thiazole rings is 1. The molecule has 8 nitrogen and oxygen atoms in total. The molecule has 0 aliphatic heterocycles. The van der Waals surface area contributed by atoms with Crippen LogP contribution < -0.4 is 16.4 Å². The highest BCUT2D eigenvalue weighted by Crippen LogP contribution is 2.39. The van der Waals surface area contributed by atoms with E-state index in [0.717, 1.165) is 42.4 Å². The van der Waals surface area contributed by atoms with E-state index >= 15 is 0 Å². The first-order valence-corrected chi connectivity index (χ1v) is 15.3. The number of hydrogen-bond acceptors (Lipinski definition) is 6. The Morgan fingerprint density at radius 3 is 2.37 bits per heavy atom. The summed E-state index contributed by atoms with van der Waals surface area (Å²) in [6.45, 7) is 4.01. The number of pyridine rings is 2. The van der Waals surface area contributed by atoms with Crippen molar-refractivity contribution in [1.82, 2.24) is 18.9 Å². The maximum atomic E-state index is 13.8. The molecule has 0 unspecified atom stereocenters. The summed E-state index contributed by atoms with van der Waals surface area (Å²) in [5.41, 5.74) is 5.93. The summed E-state index contributed by atoms with van der Waals surface area (Å²) in [6, 6.07) is 22.7. The van der Waals surface area contributed by atoms with Crippen molar-refractivity contribution in [3.8, 4) is 21.8 Å². The largest absolute Gasteiger partial charge is 0.312 e. The number of aromatic nitrogens is 4. The molecular weight excluding hydrogens is 556 g/mol. The molecule has 0 radical (unpaired) electrons. The molecule has 0 bridgehead atoms. The van der Waals surface area contributed by atoms with Crippen LogP contribution in [0.4, 0.5) is 5.00 Å². The zero-order valence-electron chi connectivity index (χ0n) is 23.9. The maximum Gasteiger partial charge on any atom is 0.267 e. The van der Waals surface area contributed by atoms with Crippen molar-refractivity contribution in [2.75, 3.05) is 5.32 Å². The predicted octanol–water partition coefficient (Wildman–Crippen LogP) is 6.90. The number of nitrogens with one attached hydrogen (secondary N) is 2. The number of aryl methyl sites for hydroxylation is 2. The molecule has 4 heterocycles. The second kappa shape index (κ2) is 10.7. The van der Waals surface area contributed by atoms with Gasteiger partial charge in [-0.15, -0.1) is 0 Å². The number of anilines is 1. The molecule has 1 aliphatic rings. The Hall–Kier alpha value is -4.89. The van der Waals surface area contributed by atoms with Crippen LogP contribution in [-0.2, 0) is 0 Å². The first-order chi connectivity index (χ1) is 20.9. The zero-order chi connectivity index (χ0) is 29.7. The Kier molecular flexibility index (Phi) is 6.74. The van der Waals surface area contributed by atoms with E-state index in [4.69, 9.17) is 9.97 Å². The third-order valence-corrected chi connectivity index (χ3v) is 9.18. The van der Waals surface area contributed by atoms with E-state index < -0.39 is 0 Å². The monoisotopic (exact) mass is 586 g/mol. The van der Waals surface area contributed by atoms with Gasteiger partial charge in [0.05, 0.1) is 10.9 Å². The van der Waals surface area contributed by atoms with E-state index in [9.17, 15) is 15.0 Å². The van der Waals surface area contributed by atoms with Gasteiger partial charge in [0.2, 0.25) is 0 Å². The van der Waals surface area contributed by atoms with Gasteiger partial charge in [-0.3, -0.25) is 19.4 Å². The average Bonchev–Trinajstić information content (AvgIpc) is 3.69. The number of amides is 1. The van der Waals surface area contributed by atoms with Gasteiger partial charge in [0.15, 0.2) is 0 Å². The van der Waals surface area contributed by atoms with E-state index in [1.807, 2.05) is 73.0 Å². The lowest BCUT2D eigenvalue weighted by Crippen LogP contribution is -2.29. The Balaban J connectivity index is 1.44. The number of benzene rings is 2. The fraction of sp³-hybridized carbons (Fsp3) is 0.206. The van der Waals surface area contributed by atoms with E-state index in [1.165, 1.54) is 11.3 Å². The molecule has 0 saturated heterocycles. The molecular formula is C34H30N6O2S. The average molecular weight is 587 g/mol. The normalized spacial score (nSPS) is 13.6. The quantitative estimate of drug-likeness (QED) is 0.214. The standard InChI is InChI=1S/C34H30N6O2S/c1-20-10-14-22(15-11-20)28-33(38-31(41)23-16-12-21(2)13-17-23)43-32(37-28)25-19-26-30(40(29(25)35)24-7-3-4-8-24)36-27-9-5-6-18-39(27)34(26)42/h5-6,9-19,24,35H,3-4,7-8H2,1-2H3,(H,38,41). The molecule has 0 atom stereocenters. The van der Waals surface area contributed by atoms with Gasteiger partial charge in [0, 0.05) is 23.4 Å². The minimum absolute atomic E-state index is 0.0743. The van der Waals surface area contributed by atoms with Gasteiger partial charge in [-0.05, 0) is 57.0 Å². The Morgan fingerprint density at radius 2 is 1.65 bits per heavy atom. The third-order valence-electron chi connectivity index (χ3n) is 8.18. The number of rotatable bonds is 5. The lowest BCUT2D eigenvalue weighted by atomic mass is 10.1. The topological polar surface area (TPSA) is 105 Å². The van der Waals surface area contributed by atoms with Gasteiger partial charge < -0.3 is 9.88 Å². The maximum absolute atomic E-state index is 13.8. The lowest BCUT2D eigenvalue weighted by Gasteiger charge is -2.19. The molecule has 2 aromatic carbocycles. The highest BCUT2D eigenvalue weighted by Gasteiger charge is 2.25. The summed E-state index contributed by atoms with van der Waals surface area (Å²) in [7, 11) is 0. The summed E-state index contributed by atoms with van der Waals surface area (Å²) in [5, 5.41) is 14.1. The minimum Gasteiger partial charge on any atom is -0.312 e. The third kappa shape index (κ3) is 4.85. The van der Waals surface area contributed by atoms with Crippen molar-refractivity contribution < 1.29 is 4.79 Å². The van der Waals surface area contributed by atoms with Crippen LogP contribution in [0.15, 0.2) is 83.8 Å². The highest BCUT2D eigenvalue weighted by atomic mass is 32.1. The van der Waals surface area contributed by atoms with Crippen molar-refractivity contribution in [3.05, 3.63) is 112 Å². The fourth-order valence-electron chi connectivity index (χ4n) is 5.84. The molecule has 7 rings (SSSR count). The second-order valence-electron chi connectivity index (χ2n) is 11.2. The fourth-order valence-corrected chi connectivity index (χ4v) is 6.84. The SMILES string of the molecule is Cc1ccc(C(=O)Nc2sc(-c3cc4c(=O)n5ccccc5nc4n(C4CCCC4)c3=N)nc2-c2ccc(C)cc2)cc1. The molecule has 4 aromatic heterocycles. The molecule has 43 heavy (non-hydrogen) atoms. The number of fused-ring (bicyclic) bond motifs is 2. The first kappa shape index (κ1) is 27.0. The molecule has 214 valence electrons. The van der Waals surface area contributed by atoms with Gasteiger partial charge in [-0.2, -0.15) is 0 Å². The van der Waals surface area contributed by atoms with Gasteiger partial charge in [0.25, 0.3) is 11.5 Å². The van der Waals surface area contributed by atoms with Crippen molar-refractivity contribution in [2.24, 2.45) is 0 Å². The molecule has 9 heteroatoms. The summed E-state index contributed by atoms with van der Waals surface area (Å²) in [6.07, 6.45) is 5.71. The van der Waals surface area contributed by atoms with Crippen molar-refractivity contribution >= 4 is 38.9 Å². The Bertz CT molecular complexity index is 2140. The van der Waals surface area contributed by atoms with Gasteiger partial charge >= 0.3 is 0 Å². The van der Waals surface area contributed by atoms with Crippen LogP contribution in [-0.4, -0.2) is 24.8 Å². The van der Waals surface area contributed by atoms with E-state index in [0.29, 0.717) is 43.5 Å². The van der Waals surface area contributed by atoms with Crippen LogP contribution in [0.1, 0.15) is 53.2 Å². The van der Waals surface area contributed by atoms with E-state index in [-0.39, 0.29) is 23.0 Å². The molecule has 6 aromatic rings. The van der Waals surface area contributed by atoms with Crippen LogP contribution in [0.25, 0.3) is 38.5 Å². The minimum atomic E-state index is -0.233. The second-order valence-corrected chi connectivity index (χ2v) is 12.2. The van der Waals surface area contributed by atoms with Crippen LogP contribution >= 0.6 is 11.3 Å². The molecule has 1 aliphatic carbocycles. The summed E-state index contributed by atoms with van der Waals surface area (Å²) < 4.78 is 3.48. The zero-order valence-corrected chi connectivity index (χ0v) is 24.7. The van der Waals surface area contributed by atoms with Crippen LogP contribution in [0.2, 0.25) is 0 Å². The van der Waals surface area contributed by atoms with Gasteiger partial charge in [0.1, 0.15) is 32.5 Å².